The number of nitrogens with zero attached hydrogens (tertiary/aromatic N) is 1. The molecule has 0 aliphatic heterocycles. The zero-order valence-corrected chi connectivity index (χ0v) is 10.9. The number of aliphatic carboxylic acids is 1. The van der Waals surface area contributed by atoms with Gasteiger partial charge in [0.1, 0.15) is 5.54 Å². The molecule has 0 fully saturated rings. The quantitative estimate of drug-likeness (QED) is 0.775. The number of rotatable bonds is 3. The molecule has 0 aromatic rings. The van der Waals surface area contributed by atoms with Crippen LogP contribution in [0.4, 0.5) is 4.79 Å². The van der Waals surface area contributed by atoms with E-state index in [1.54, 1.807) is 6.92 Å². The summed E-state index contributed by atoms with van der Waals surface area (Å²) in [5.41, 5.74) is -1.58. The Morgan fingerprint density at radius 3 is 1.88 bits per heavy atom. The Morgan fingerprint density at radius 2 is 1.62 bits per heavy atom. The predicted octanol–water partition coefficient (Wildman–Crippen LogP) is 1.68. The molecule has 16 heavy (non-hydrogen) atoms. The summed E-state index contributed by atoms with van der Waals surface area (Å²) in [6.07, 6.45) is 0. The highest BCUT2D eigenvalue weighted by atomic mass is 16.4. The number of hydrogen-bond donors (Lipinski definition) is 2. The van der Waals surface area contributed by atoms with Crippen molar-refractivity contribution in [3.05, 3.63) is 0 Å². The van der Waals surface area contributed by atoms with Crippen LogP contribution in [0.1, 0.15) is 41.5 Å². The molecule has 0 aromatic heterocycles. The minimum atomic E-state index is -1.20. The smallest absolute Gasteiger partial charge is 0.329 e. The van der Waals surface area contributed by atoms with Gasteiger partial charge in [0.05, 0.1) is 0 Å². The third-order valence-corrected chi connectivity index (χ3v) is 2.24. The number of carbonyl (C=O) groups is 2. The monoisotopic (exact) mass is 230 g/mol. The molecule has 0 spiro atoms. The van der Waals surface area contributed by atoms with E-state index in [1.807, 2.05) is 20.8 Å². The Balaban J connectivity index is 4.88. The second kappa shape index (κ2) is 4.72. The van der Waals surface area contributed by atoms with Gasteiger partial charge in [0.25, 0.3) is 0 Å². The Hall–Kier alpha value is -1.26. The maximum atomic E-state index is 11.9. The van der Waals surface area contributed by atoms with E-state index in [9.17, 15) is 9.59 Å². The molecule has 0 radical (unpaired) electrons. The first-order chi connectivity index (χ1) is 7.02. The highest BCUT2D eigenvalue weighted by molar-refractivity contribution is 5.85. The Morgan fingerprint density at radius 1 is 1.19 bits per heavy atom. The van der Waals surface area contributed by atoms with Gasteiger partial charge in [-0.1, -0.05) is 0 Å². The summed E-state index contributed by atoms with van der Waals surface area (Å²) in [5.74, 6) is -1.02. The van der Waals surface area contributed by atoms with E-state index in [4.69, 9.17) is 5.11 Å². The second-order valence-corrected chi connectivity index (χ2v) is 5.29. The van der Waals surface area contributed by atoms with Gasteiger partial charge in [-0.15, -0.1) is 0 Å². The second-order valence-electron chi connectivity index (χ2n) is 5.29. The Bertz CT molecular complexity index is 279. The normalized spacial score (nSPS) is 12.1. The van der Waals surface area contributed by atoms with Crippen LogP contribution in [0.15, 0.2) is 0 Å². The topological polar surface area (TPSA) is 69.6 Å². The van der Waals surface area contributed by atoms with Crippen LogP contribution in [0.3, 0.4) is 0 Å². The third-order valence-electron chi connectivity index (χ3n) is 2.24. The van der Waals surface area contributed by atoms with Crippen LogP contribution < -0.4 is 5.32 Å². The Labute approximate surface area is 96.8 Å². The molecule has 94 valence electrons. The lowest BCUT2D eigenvalue weighted by Crippen LogP contribution is -2.58. The molecule has 2 amide bonds. The number of hydrogen-bond acceptors (Lipinski definition) is 2. The third kappa shape index (κ3) is 3.72. The van der Waals surface area contributed by atoms with E-state index in [2.05, 4.69) is 5.32 Å². The van der Waals surface area contributed by atoms with Gasteiger partial charge in [0, 0.05) is 12.1 Å². The van der Waals surface area contributed by atoms with E-state index >= 15 is 0 Å². The summed E-state index contributed by atoms with van der Waals surface area (Å²) in [6.45, 7) is 10.7. The first kappa shape index (κ1) is 14.7. The van der Waals surface area contributed by atoms with Gasteiger partial charge < -0.3 is 15.3 Å². The fourth-order valence-corrected chi connectivity index (χ4v) is 1.30. The lowest BCUT2D eigenvalue weighted by atomic mass is 10.0. The van der Waals surface area contributed by atoms with Gasteiger partial charge in [-0.2, -0.15) is 0 Å². The fourth-order valence-electron chi connectivity index (χ4n) is 1.30. The molecule has 0 bridgehead atoms. The highest BCUT2D eigenvalue weighted by Gasteiger charge is 2.37. The number of likely N-dealkylation sites (N-methyl/N-ethyl adjacent to an activating group) is 1. The number of urea groups is 1. The van der Waals surface area contributed by atoms with Gasteiger partial charge in [0.2, 0.25) is 0 Å². The van der Waals surface area contributed by atoms with Crippen LogP contribution in [-0.2, 0) is 4.79 Å². The average molecular weight is 230 g/mol. The molecule has 0 unspecified atom stereocenters. The average Bonchev–Trinajstić information content (AvgIpc) is 2.00. The predicted molar refractivity (Wildman–Crippen MR) is 62.4 cm³/mol. The molecule has 5 nitrogen and oxygen atoms in total. The first-order valence-corrected chi connectivity index (χ1v) is 5.35. The molecule has 0 aromatic carbocycles. The molecule has 0 aliphatic rings. The summed E-state index contributed by atoms with van der Waals surface area (Å²) in [7, 11) is 0. The number of amides is 2. The minimum absolute atomic E-state index is 0.348. The largest absolute Gasteiger partial charge is 0.480 e. The van der Waals surface area contributed by atoms with Crippen molar-refractivity contribution in [2.75, 3.05) is 6.54 Å². The molecule has 0 aliphatic carbocycles. The minimum Gasteiger partial charge on any atom is -0.480 e. The standard InChI is InChI=1S/C11H22N2O3/c1-7-13(11(5,6)8(14)15)9(16)12-10(2,3)4/h7H2,1-6H3,(H,12,16)(H,14,15). The molecule has 5 heteroatoms. The number of carboxylic acids is 1. The zero-order chi connectivity index (χ0) is 13.1. The van der Waals surface area contributed by atoms with E-state index in [0.29, 0.717) is 6.54 Å². The van der Waals surface area contributed by atoms with E-state index in [-0.39, 0.29) is 11.6 Å². The summed E-state index contributed by atoms with van der Waals surface area (Å²) in [5, 5.41) is 11.8. The van der Waals surface area contributed by atoms with Crippen LogP contribution in [0.5, 0.6) is 0 Å². The van der Waals surface area contributed by atoms with Crippen molar-refractivity contribution in [3.8, 4) is 0 Å². The molecule has 2 N–H and O–H groups in total. The van der Waals surface area contributed by atoms with Crippen LogP contribution >= 0.6 is 0 Å². The van der Waals surface area contributed by atoms with Crippen molar-refractivity contribution in [2.24, 2.45) is 0 Å². The van der Waals surface area contributed by atoms with Crippen molar-refractivity contribution in [1.29, 1.82) is 0 Å². The molecular formula is C11H22N2O3. The Kier molecular flexibility index (Phi) is 4.35. The highest BCUT2D eigenvalue weighted by Crippen LogP contribution is 2.15. The molecule has 0 saturated heterocycles. The first-order valence-electron chi connectivity index (χ1n) is 5.35. The van der Waals surface area contributed by atoms with E-state index in [1.165, 1.54) is 18.7 Å². The van der Waals surface area contributed by atoms with Crippen molar-refractivity contribution < 1.29 is 14.7 Å². The van der Waals surface area contributed by atoms with E-state index < -0.39 is 11.5 Å². The van der Waals surface area contributed by atoms with E-state index in [0.717, 1.165) is 0 Å². The summed E-state index contributed by atoms with van der Waals surface area (Å²) < 4.78 is 0. The molecule has 0 heterocycles. The van der Waals surface area contributed by atoms with Gasteiger partial charge in [-0.05, 0) is 41.5 Å². The summed E-state index contributed by atoms with van der Waals surface area (Å²) in [4.78, 5) is 24.3. The van der Waals surface area contributed by atoms with Gasteiger partial charge in [-0.25, -0.2) is 9.59 Å². The molecule has 0 rings (SSSR count). The van der Waals surface area contributed by atoms with Crippen LogP contribution in [0.2, 0.25) is 0 Å². The number of nitrogens with one attached hydrogen (secondary N) is 1. The van der Waals surface area contributed by atoms with Crippen LogP contribution in [-0.4, -0.2) is 39.6 Å². The fraction of sp³-hybridized carbons (Fsp3) is 0.818. The van der Waals surface area contributed by atoms with Crippen LogP contribution in [0, 0.1) is 0 Å². The SMILES string of the molecule is CCN(C(=O)NC(C)(C)C)C(C)(C)C(=O)O. The van der Waals surface area contributed by atoms with Crippen molar-refractivity contribution >= 4 is 12.0 Å². The summed E-state index contributed by atoms with van der Waals surface area (Å²) in [6, 6.07) is -0.359. The van der Waals surface area contributed by atoms with Gasteiger partial charge >= 0.3 is 12.0 Å². The number of carbonyl (C=O) groups excluding carboxylic acids is 1. The maximum absolute atomic E-state index is 11.9. The summed E-state index contributed by atoms with van der Waals surface area (Å²) >= 11 is 0. The molecule has 0 atom stereocenters. The maximum Gasteiger partial charge on any atom is 0.329 e. The van der Waals surface area contributed by atoms with Crippen molar-refractivity contribution in [3.63, 3.8) is 0 Å². The van der Waals surface area contributed by atoms with Crippen LogP contribution in [0.25, 0.3) is 0 Å². The molecular weight excluding hydrogens is 208 g/mol. The van der Waals surface area contributed by atoms with Crippen molar-refractivity contribution in [1.82, 2.24) is 10.2 Å². The van der Waals surface area contributed by atoms with Gasteiger partial charge in [-0.3, -0.25) is 0 Å². The lowest BCUT2D eigenvalue weighted by Gasteiger charge is -2.36. The zero-order valence-electron chi connectivity index (χ0n) is 10.9. The lowest BCUT2D eigenvalue weighted by molar-refractivity contribution is -0.147. The van der Waals surface area contributed by atoms with Gasteiger partial charge in [0.15, 0.2) is 0 Å². The number of carboxylic acid groups (broad SMARTS) is 1. The van der Waals surface area contributed by atoms with Crippen molar-refractivity contribution in [2.45, 2.75) is 52.6 Å². The molecule has 0 saturated carbocycles.